The Morgan fingerprint density at radius 1 is 1.02 bits per heavy atom. The molecule has 3 N–H and O–H groups in total. The fourth-order valence-electron chi connectivity index (χ4n) is 11.9. The average Bonchev–Trinajstić information content (AvgIpc) is 3.73. The van der Waals surface area contributed by atoms with Gasteiger partial charge in [-0.25, -0.2) is 0 Å². The lowest BCUT2D eigenvalue weighted by atomic mass is 9.32. The molecule has 6 nitrogen and oxygen atoms in total. The van der Waals surface area contributed by atoms with E-state index in [2.05, 4.69) is 66.2 Å². The number of fused-ring (bicyclic) bond motifs is 4. The second kappa shape index (κ2) is 8.86. The third-order valence-electron chi connectivity index (χ3n) is 14.1. The number of para-hydroxylation sites is 1. The largest absolute Gasteiger partial charge is 0.461 e. The highest BCUT2D eigenvalue weighted by molar-refractivity contribution is 6.08. The molecule has 230 valence electrons. The second-order valence-electron chi connectivity index (χ2n) is 15.7. The van der Waals surface area contributed by atoms with Gasteiger partial charge in [-0.15, -0.1) is 0 Å². The van der Waals surface area contributed by atoms with Gasteiger partial charge in [-0.3, -0.25) is 9.69 Å². The molecule has 0 radical (unpaired) electrons. The fourth-order valence-corrected chi connectivity index (χ4v) is 11.9. The van der Waals surface area contributed by atoms with E-state index in [0.717, 1.165) is 63.6 Å². The van der Waals surface area contributed by atoms with Gasteiger partial charge >= 0.3 is 0 Å². The van der Waals surface area contributed by atoms with Gasteiger partial charge in [0.25, 0.3) is 0 Å². The number of rotatable bonds is 4. The van der Waals surface area contributed by atoms with Crippen LogP contribution in [0.15, 0.2) is 70.9 Å². The minimum Gasteiger partial charge on any atom is -0.461 e. The lowest BCUT2D eigenvalue weighted by molar-refractivity contribution is -0.176. The molecule has 7 aliphatic rings. The molecule has 44 heavy (non-hydrogen) atoms. The van der Waals surface area contributed by atoms with Crippen molar-refractivity contribution >= 4 is 16.7 Å². The van der Waals surface area contributed by atoms with Crippen LogP contribution in [0.4, 0.5) is 0 Å². The molecule has 2 bridgehead atoms. The van der Waals surface area contributed by atoms with Crippen LogP contribution in [0.1, 0.15) is 80.6 Å². The summed E-state index contributed by atoms with van der Waals surface area (Å²) in [5.41, 5.74) is 2.76. The van der Waals surface area contributed by atoms with Crippen molar-refractivity contribution in [3.63, 3.8) is 0 Å². The van der Waals surface area contributed by atoms with Crippen LogP contribution in [0, 0.1) is 33.5 Å². The molecule has 3 saturated carbocycles. The summed E-state index contributed by atoms with van der Waals surface area (Å²) in [6.45, 7) is 7.18. The fraction of sp³-hybridized carbons (Fsp3) is 0.553. The summed E-state index contributed by atoms with van der Waals surface area (Å²) in [5, 5.41) is 25.0. The number of ketones is 1. The van der Waals surface area contributed by atoms with Gasteiger partial charge in [-0.1, -0.05) is 50.3 Å². The molecular weight excluding hydrogens is 548 g/mol. The highest BCUT2D eigenvalue weighted by Gasteiger charge is 2.74. The van der Waals surface area contributed by atoms with Gasteiger partial charge in [0.1, 0.15) is 0 Å². The standard InChI is InChI=1S/C38H44N2O4/c1-34-13-9-24(41)20-36(34)16-17-38(27(21-36)33(42)30-8-5-19-44-30)31(34)10-14-35(2)32(38)11-15-37(35,43)23-40-18-12-26-25-6-3-4-7-28(25)39-29(26)22-40/h3-8,16-17,19,21,24,31-32,39,41,43H,9-15,18,20,22-23H2,1-2H3. The average molecular weight is 593 g/mol. The molecule has 3 fully saturated rings. The van der Waals surface area contributed by atoms with Gasteiger partial charge in [-0.05, 0) is 92.4 Å². The van der Waals surface area contributed by atoms with Crippen LogP contribution in [-0.4, -0.2) is 50.7 Å². The van der Waals surface area contributed by atoms with Gasteiger partial charge in [-0.2, -0.15) is 0 Å². The maximum atomic E-state index is 14.4. The lowest BCUT2D eigenvalue weighted by Gasteiger charge is -2.71. The number of hydrogen-bond acceptors (Lipinski definition) is 5. The molecule has 2 aromatic heterocycles. The maximum absolute atomic E-state index is 14.4. The number of nitrogens with one attached hydrogen (secondary N) is 1. The van der Waals surface area contributed by atoms with Crippen molar-refractivity contribution in [1.29, 1.82) is 0 Å². The molecular formula is C38H44N2O4. The number of Topliss-reactive ketones (excluding diaryl/α,β-unsaturated/α-hetero) is 1. The normalized spacial score (nSPS) is 42.5. The summed E-state index contributed by atoms with van der Waals surface area (Å²) >= 11 is 0. The van der Waals surface area contributed by atoms with Crippen LogP contribution in [0.2, 0.25) is 0 Å². The summed E-state index contributed by atoms with van der Waals surface area (Å²) in [6.07, 6.45) is 15.2. The van der Waals surface area contributed by atoms with E-state index in [9.17, 15) is 15.0 Å². The summed E-state index contributed by atoms with van der Waals surface area (Å²) in [5.74, 6) is 0.807. The Bertz CT molecular complexity index is 1740. The first-order valence-corrected chi connectivity index (χ1v) is 16.9. The number of aliphatic hydroxyl groups is 2. The number of furan rings is 1. The zero-order valence-corrected chi connectivity index (χ0v) is 25.9. The third kappa shape index (κ3) is 3.25. The van der Waals surface area contributed by atoms with Crippen molar-refractivity contribution in [2.24, 2.45) is 33.5 Å². The Kier molecular flexibility index (Phi) is 5.52. The SMILES string of the molecule is CC12CCC(O)CC13C=CC1(C(C(=O)c4ccco4)=C3)C2CCC2(C)C1CCC2(O)CN1CCc2c([nH]c3ccccc23)C1. The summed E-state index contributed by atoms with van der Waals surface area (Å²) < 4.78 is 5.72. The Labute approximate surface area is 259 Å². The number of aromatic nitrogens is 1. The number of nitrogens with zero attached hydrogens (tertiary/aromatic N) is 1. The Hall–Kier alpha value is -2.93. The first kappa shape index (κ1) is 27.4. The summed E-state index contributed by atoms with van der Waals surface area (Å²) in [6, 6.07) is 12.2. The van der Waals surface area contributed by atoms with Crippen molar-refractivity contribution in [3.8, 4) is 0 Å². The van der Waals surface area contributed by atoms with Gasteiger partial charge in [0, 0.05) is 58.0 Å². The van der Waals surface area contributed by atoms with E-state index in [-0.39, 0.29) is 40.0 Å². The van der Waals surface area contributed by atoms with Gasteiger partial charge in [0.15, 0.2) is 5.76 Å². The van der Waals surface area contributed by atoms with E-state index in [1.54, 1.807) is 18.4 Å². The van der Waals surface area contributed by atoms with Crippen LogP contribution in [-0.2, 0) is 13.0 Å². The molecule has 2 spiro atoms. The Morgan fingerprint density at radius 3 is 2.66 bits per heavy atom. The molecule has 3 heterocycles. The minimum atomic E-state index is -0.844. The van der Waals surface area contributed by atoms with Crippen molar-refractivity contribution in [2.75, 3.05) is 13.1 Å². The van der Waals surface area contributed by atoms with E-state index in [1.165, 1.54) is 22.2 Å². The van der Waals surface area contributed by atoms with E-state index in [1.807, 2.05) is 0 Å². The number of benzene rings is 1. The minimum absolute atomic E-state index is 0.0205. The summed E-state index contributed by atoms with van der Waals surface area (Å²) in [4.78, 5) is 20.5. The van der Waals surface area contributed by atoms with Crippen LogP contribution in [0.3, 0.4) is 0 Å². The Morgan fingerprint density at radius 2 is 1.82 bits per heavy atom. The smallest absolute Gasteiger partial charge is 0.224 e. The van der Waals surface area contributed by atoms with Crippen LogP contribution < -0.4 is 0 Å². The number of aliphatic hydroxyl groups excluding tert-OH is 1. The molecule has 8 unspecified atom stereocenters. The van der Waals surface area contributed by atoms with E-state index >= 15 is 0 Å². The second-order valence-corrected chi connectivity index (χ2v) is 15.7. The number of H-pyrrole nitrogens is 1. The molecule has 6 aliphatic carbocycles. The number of β-amino-alcohol motifs (C(OH)–C–C–N with tert-alkyl or cyclic N) is 1. The maximum Gasteiger partial charge on any atom is 0.224 e. The first-order valence-electron chi connectivity index (χ1n) is 16.9. The Balaban J connectivity index is 1.10. The topological polar surface area (TPSA) is 89.7 Å². The zero-order chi connectivity index (χ0) is 30.1. The van der Waals surface area contributed by atoms with Crippen molar-refractivity contribution < 1.29 is 19.4 Å². The van der Waals surface area contributed by atoms with Crippen molar-refractivity contribution in [1.82, 2.24) is 9.88 Å². The van der Waals surface area contributed by atoms with Crippen molar-refractivity contribution in [2.45, 2.75) is 83.5 Å². The van der Waals surface area contributed by atoms with Gasteiger partial charge in [0.05, 0.1) is 18.0 Å². The number of carbonyl (C=O) groups is 1. The number of hydrogen-bond donors (Lipinski definition) is 3. The van der Waals surface area contributed by atoms with Crippen molar-refractivity contribution in [3.05, 3.63) is 83.5 Å². The van der Waals surface area contributed by atoms with E-state index in [4.69, 9.17) is 4.42 Å². The molecule has 8 atom stereocenters. The molecule has 1 aliphatic heterocycles. The van der Waals surface area contributed by atoms with E-state index < -0.39 is 11.0 Å². The number of carbonyl (C=O) groups excluding carboxylic acids is 1. The quantitative estimate of drug-likeness (QED) is 0.235. The molecule has 10 rings (SSSR count). The predicted octanol–water partition coefficient (Wildman–Crippen LogP) is 6.59. The van der Waals surface area contributed by atoms with Crippen LogP contribution in [0.25, 0.3) is 10.9 Å². The first-order chi connectivity index (χ1) is 21.1. The number of allylic oxidation sites excluding steroid dienone is 4. The van der Waals surface area contributed by atoms with Gasteiger partial charge < -0.3 is 19.6 Å². The molecule has 1 aromatic carbocycles. The highest BCUT2D eigenvalue weighted by Crippen LogP contribution is 2.78. The predicted molar refractivity (Wildman–Crippen MR) is 169 cm³/mol. The molecule has 6 heteroatoms. The molecule has 3 aromatic rings. The third-order valence-corrected chi connectivity index (χ3v) is 14.1. The highest BCUT2D eigenvalue weighted by atomic mass is 16.3. The van der Waals surface area contributed by atoms with E-state index in [0.29, 0.717) is 18.7 Å². The van der Waals surface area contributed by atoms with Crippen LogP contribution >= 0.6 is 0 Å². The molecule has 0 saturated heterocycles. The zero-order valence-electron chi connectivity index (χ0n) is 25.9. The molecule has 0 amide bonds. The van der Waals surface area contributed by atoms with Gasteiger partial charge in [0.2, 0.25) is 5.78 Å². The monoisotopic (exact) mass is 592 g/mol. The van der Waals surface area contributed by atoms with Crippen LogP contribution in [0.5, 0.6) is 0 Å². The lowest BCUT2D eigenvalue weighted by Crippen LogP contribution is -2.67. The number of aromatic amines is 1. The summed E-state index contributed by atoms with van der Waals surface area (Å²) in [7, 11) is 0.